The number of rotatable bonds is 6. The number of nitrogens with zero attached hydrogens (tertiary/aromatic N) is 2. The van der Waals surface area contributed by atoms with Gasteiger partial charge < -0.3 is 5.11 Å². The highest BCUT2D eigenvalue weighted by Gasteiger charge is 2.21. The number of carboxylic acids is 1. The minimum absolute atomic E-state index is 0.177. The zero-order valence-corrected chi connectivity index (χ0v) is 12.3. The summed E-state index contributed by atoms with van der Waals surface area (Å²) in [6.07, 6.45) is 3.72. The van der Waals surface area contributed by atoms with Crippen LogP contribution in [0.25, 0.3) is 6.08 Å². The van der Waals surface area contributed by atoms with Crippen LogP contribution in [-0.2, 0) is 15.0 Å². The Balaban J connectivity index is 2.81. The number of carbonyl (C=O) groups is 1. The third-order valence-electron chi connectivity index (χ3n) is 2.24. The van der Waals surface area contributed by atoms with Gasteiger partial charge in [-0.3, -0.25) is 0 Å². The molecule has 0 atom stereocenters. The lowest BCUT2D eigenvalue weighted by molar-refractivity contribution is -0.131. The lowest BCUT2D eigenvalue weighted by Crippen LogP contribution is -2.37. The number of nitrogens with one attached hydrogen (secondary N) is 1. The van der Waals surface area contributed by atoms with E-state index in [4.69, 9.17) is 5.11 Å². The third kappa shape index (κ3) is 4.62. The molecule has 106 valence electrons. The maximum Gasteiger partial charge on any atom is 0.328 e. The first-order valence-electron chi connectivity index (χ1n) is 5.35. The molecule has 1 rings (SSSR count). The molecule has 0 radical (unpaired) electrons. The summed E-state index contributed by atoms with van der Waals surface area (Å²) >= 11 is 1.05. The molecule has 0 fully saturated rings. The molecule has 9 heteroatoms. The summed E-state index contributed by atoms with van der Waals surface area (Å²) in [5, 5.41) is 8.67. The van der Waals surface area contributed by atoms with E-state index in [1.807, 2.05) is 0 Å². The number of carboxylic acid groups (broad SMARTS) is 1. The van der Waals surface area contributed by atoms with Gasteiger partial charge in [0.2, 0.25) is 0 Å². The Morgan fingerprint density at radius 2 is 2.21 bits per heavy atom. The molecule has 0 aliphatic carbocycles. The van der Waals surface area contributed by atoms with Crippen molar-refractivity contribution in [1.82, 2.24) is 9.29 Å². The molecule has 0 saturated heterocycles. The number of thiazole rings is 1. The van der Waals surface area contributed by atoms with Crippen LogP contribution in [0.3, 0.4) is 0 Å². The van der Waals surface area contributed by atoms with Gasteiger partial charge in [-0.2, -0.15) is 12.7 Å². The van der Waals surface area contributed by atoms with Crippen molar-refractivity contribution in [3.63, 3.8) is 0 Å². The van der Waals surface area contributed by atoms with Crippen LogP contribution in [0, 0.1) is 0 Å². The van der Waals surface area contributed by atoms with E-state index in [2.05, 4.69) is 9.71 Å². The summed E-state index contributed by atoms with van der Waals surface area (Å²) in [4.78, 5) is 14.8. The van der Waals surface area contributed by atoms with Crippen LogP contribution in [-0.4, -0.2) is 41.9 Å². The van der Waals surface area contributed by atoms with E-state index in [9.17, 15) is 13.2 Å². The molecule has 0 aromatic carbocycles. The van der Waals surface area contributed by atoms with Crippen LogP contribution < -0.4 is 4.72 Å². The lowest BCUT2D eigenvalue weighted by atomic mass is 10.4. The summed E-state index contributed by atoms with van der Waals surface area (Å²) in [7, 11) is -2.18. The predicted molar refractivity (Wildman–Crippen MR) is 74.2 cm³/mol. The molecule has 1 aromatic rings. The summed E-state index contributed by atoms with van der Waals surface area (Å²) in [6.45, 7) is 3.50. The van der Waals surface area contributed by atoms with Gasteiger partial charge in [0.15, 0.2) is 5.13 Å². The van der Waals surface area contributed by atoms with Crippen LogP contribution in [0.2, 0.25) is 0 Å². The van der Waals surface area contributed by atoms with Gasteiger partial charge in [0, 0.05) is 30.2 Å². The lowest BCUT2D eigenvalue weighted by Gasteiger charge is -2.20. The highest BCUT2D eigenvalue weighted by Crippen LogP contribution is 2.21. The molecule has 2 N–H and O–H groups in total. The number of aromatic nitrogens is 1. The average Bonchev–Trinajstić information content (AvgIpc) is 2.72. The van der Waals surface area contributed by atoms with Crippen molar-refractivity contribution in [3.8, 4) is 0 Å². The summed E-state index contributed by atoms with van der Waals surface area (Å²) in [5.41, 5.74) is 0. The fraction of sp³-hybridized carbons (Fsp3) is 0.400. The van der Waals surface area contributed by atoms with Crippen molar-refractivity contribution in [2.24, 2.45) is 0 Å². The minimum Gasteiger partial charge on any atom is -0.478 e. The first-order valence-corrected chi connectivity index (χ1v) is 7.60. The monoisotopic (exact) mass is 305 g/mol. The second kappa shape index (κ2) is 6.13. The summed E-state index contributed by atoms with van der Waals surface area (Å²) < 4.78 is 27.3. The SMILES string of the molecule is CC(C)N(C)S(=O)(=O)Nc1ncc(/C=C/C(=O)O)s1. The fourth-order valence-electron chi connectivity index (χ4n) is 1.02. The second-order valence-corrected chi connectivity index (χ2v) is 6.75. The molecule has 0 spiro atoms. The zero-order valence-electron chi connectivity index (χ0n) is 10.7. The van der Waals surface area contributed by atoms with Crippen molar-refractivity contribution >= 4 is 38.7 Å². The molecule has 0 aliphatic heterocycles. The van der Waals surface area contributed by atoms with Gasteiger partial charge in [0.25, 0.3) is 0 Å². The van der Waals surface area contributed by atoms with E-state index in [0.29, 0.717) is 4.88 Å². The van der Waals surface area contributed by atoms with Gasteiger partial charge in [-0.15, -0.1) is 0 Å². The summed E-state index contributed by atoms with van der Waals surface area (Å²) in [5.74, 6) is -1.07. The quantitative estimate of drug-likeness (QED) is 0.770. The molecule has 0 unspecified atom stereocenters. The Labute approximate surface area is 115 Å². The molecule has 0 bridgehead atoms. The van der Waals surface area contributed by atoms with Gasteiger partial charge in [0.05, 0.1) is 0 Å². The number of hydrogen-bond donors (Lipinski definition) is 2. The van der Waals surface area contributed by atoms with Crippen molar-refractivity contribution in [1.29, 1.82) is 0 Å². The molecular weight excluding hydrogens is 290 g/mol. The minimum atomic E-state index is -3.64. The van der Waals surface area contributed by atoms with E-state index >= 15 is 0 Å². The number of anilines is 1. The largest absolute Gasteiger partial charge is 0.478 e. The maximum atomic E-state index is 11.9. The van der Waals surface area contributed by atoms with E-state index < -0.39 is 16.2 Å². The molecule has 19 heavy (non-hydrogen) atoms. The number of hydrogen-bond acceptors (Lipinski definition) is 5. The topological polar surface area (TPSA) is 99.6 Å². The Morgan fingerprint density at radius 1 is 1.58 bits per heavy atom. The van der Waals surface area contributed by atoms with Crippen LogP contribution in [0.5, 0.6) is 0 Å². The molecule has 0 aliphatic rings. The van der Waals surface area contributed by atoms with Gasteiger partial charge >= 0.3 is 16.2 Å². The van der Waals surface area contributed by atoms with Crippen LogP contribution in [0.15, 0.2) is 12.3 Å². The molecule has 1 heterocycles. The van der Waals surface area contributed by atoms with Crippen LogP contribution >= 0.6 is 11.3 Å². The maximum absolute atomic E-state index is 11.9. The number of aliphatic carboxylic acids is 1. The standard InChI is InChI=1S/C10H15N3O4S2/c1-7(2)13(3)19(16,17)12-10-11-6-8(18-10)4-5-9(14)15/h4-7H,1-3H3,(H,11,12)(H,14,15)/b5-4+. The van der Waals surface area contributed by atoms with Crippen LogP contribution in [0.4, 0.5) is 5.13 Å². The molecular formula is C10H15N3O4S2. The van der Waals surface area contributed by atoms with Gasteiger partial charge in [-0.05, 0) is 19.9 Å². The van der Waals surface area contributed by atoms with Crippen molar-refractivity contribution in [2.45, 2.75) is 19.9 Å². The fourth-order valence-corrected chi connectivity index (χ4v) is 3.05. The third-order valence-corrected chi connectivity index (χ3v) is 4.87. The van der Waals surface area contributed by atoms with Crippen molar-refractivity contribution in [2.75, 3.05) is 11.8 Å². The van der Waals surface area contributed by atoms with Gasteiger partial charge in [-0.25, -0.2) is 14.5 Å². The molecule has 7 nitrogen and oxygen atoms in total. The highest BCUT2D eigenvalue weighted by atomic mass is 32.2. The van der Waals surface area contributed by atoms with Gasteiger partial charge in [-0.1, -0.05) is 11.3 Å². The first-order chi connectivity index (χ1) is 8.72. The average molecular weight is 305 g/mol. The van der Waals surface area contributed by atoms with Gasteiger partial charge in [0.1, 0.15) is 0 Å². The summed E-state index contributed by atoms with van der Waals surface area (Å²) in [6, 6.07) is -0.177. The smallest absolute Gasteiger partial charge is 0.328 e. The van der Waals surface area contributed by atoms with E-state index in [1.54, 1.807) is 13.8 Å². The zero-order chi connectivity index (χ0) is 14.6. The Kier molecular flexibility index (Phi) is 5.04. The van der Waals surface area contributed by atoms with E-state index in [0.717, 1.165) is 17.4 Å². The predicted octanol–water partition coefficient (Wildman–Crippen LogP) is 1.24. The molecule has 0 amide bonds. The molecule has 1 aromatic heterocycles. The van der Waals surface area contributed by atoms with E-state index in [1.165, 1.54) is 23.6 Å². The Bertz CT molecular complexity index is 577. The van der Waals surface area contributed by atoms with Crippen LogP contribution in [0.1, 0.15) is 18.7 Å². The normalized spacial score (nSPS) is 12.5. The highest BCUT2D eigenvalue weighted by molar-refractivity contribution is 7.90. The first kappa shape index (κ1) is 15.6. The second-order valence-electron chi connectivity index (χ2n) is 3.96. The Hall–Kier alpha value is -1.45. The van der Waals surface area contributed by atoms with Crippen molar-refractivity contribution < 1.29 is 18.3 Å². The Morgan fingerprint density at radius 3 is 2.74 bits per heavy atom. The molecule has 0 saturated carbocycles. The van der Waals surface area contributed by atoms with Crippen molar-refractivity contribution in [3.05, 3.63) is 17.2 Å². The van der Waals surface area contributed by atoms with E-state index in [-0.39, 0.29) is 11.2 Å².